The van der Waals surface area contributed by atoms with Gasteiger partial charge in [0.2, 0.25) is 5.82 Å². The number of piperidine rings is 1. The molecule has 2 saturated heterocycles. The summed E-state index contributed by atoms with van der Waals surface area (Å²) < 4.78 is 59.9. The Balaban J connectivity index is 1.20. The highest BCUT2D eigenvalue weighted by Gasteiger charge is 2.47. The van der Waals surface area contributed by atoms with E-state index >= 15 is 0 Å². The maximum atomic E-state index is 14.2. The second-order valence-corrected chi connectivity index (χ2v) is 11.4. The fourth-order valence-electron chi connectivity index (χ4n) is 4.40. The minimum atomic E-state index is -3.67. The molecule has 2 aliphatic heterocycles. The van der Waals surface area contributed by atoms with Crippen LogP contribution in [0.4, 0.5) is 9.18 Å². The van der Waals surface area contributed by atoms with Crippen molar-refractivity contribution < 1.29 is 36.3 Å². The standard InChI is InChI=1S/C22H26FN3O7S/c1-22(5-6-22)32-21(27)26-14-8-16(9-15(26)11-30-10-14)31-12-19-24-20(25-33-19)13-3-4-18(17(23)7-13)34(2,28)29/h3-4,7,14-16H,5-6,8-12H2,1-2H3. The number of nitrogens with zero attached hydrogens (tertiary/aromatic N) is 3. The summed E-state index contributed by atoms with van der Waals surface area (Å²) in [5.41, 5.74) is -0.0359. The number of morpholine rings is 1. The van der Waals surface area contributed by atoms with E-state index in [1.165, 1.54) is 12.1 Å². The van der Waals surface area contributed by atoms with Gasteiger partial charge in [-0.05, 0) is 50.8 Å². The second-order valence-electron chi connectivity index (χ2n) is 9.40. The predicted molar refractivity (Wildman–Crippen MR) is 115 cm³/mol. The average Bonchev–Trinajstić information content (AvgIpc) is 3.29. The Bertz CT molecular complexity index is 1180. The molecule has 12 heteroatoms. The van der Waals surface area contributed by atoms with Crippen LogP contribution in [0.2, 0.25) is 0 Å². The van der Waals surface area contributed by atoms with Gasteiger partial charge in [-0.2, -0.15) is 4.98 Å². The molecule has 0 spiro atoms. The van der Waals surface area contributed by atoms with Gasteiger partial charge < -0.3 is 18.7 Å². The molecule has 34 heavy (non-hydrogen) atoms. The molecule has 3 fully saturated rings. The van der Waals surface area contributed by atoms with Gasteiger partial charge in [0.25, 0.3) is 5.89 Å². The summed E-state index contributed by atoms with van der Waals surface area (Å²) in [4.78, 5) is 18.3. The molecule has 5 rings (SSSR count). The van der Waals surface area contributed by atoms with Crippen molar-refractivity contribution in [2.75, 3.05) is 19.5 Å². The van der Waals surface area contributed by atoms with E-state index in [1.54, 1.807) is 4.90 Å². The highest BCUT2D eigenvalue weighted by atomic mass is 32.2. The summed E-state index contributed by atoms with van der Waals surface area (Å²) in [6.07, 6.45) is 3.52. The molecular weight excluding hydrogens is 469 g/mol. The summed E-state index contributed by atoms with van der Waals surface area (Å²) >= 11 is 0. The van der Waals surface area contributed by atoms with E-state index in [4.69, 9.17) is 18.7 Å². The van der Waals surface area contributed by atoms with Gasteiger partial charge in [-0.25, -0.2) is 17.6 Å². The highest BCUT2D eigenvalue weighted by Crippen LogP contribution is 2.40. The minimum absolute atomic E-state index is 0.0599. The molecule has 2 atom stereocenters. The summed E-state index contributed by atoms with van der Waals surface area (Å²) in [5, 5.41) is 3.84. The number of benzene rings is 1. The van der Waals surface area contributed by atoms with E-state index in [0.717, 1.165) is 25.2 Å². The lowest BCUT2D eigenvalue weighted by Gasteiger charge is -2.47. The molecule has 1 aromatic carbocycles. The van der Waals surface area contributed by atoms with Crippen LogP contribution in [0.15, 0.2) is 27.6 Å². The zero-order valence-electron chi connectivity index (χ0n) is 18.9. The fraction of sp³-hybridized carbons (Fsp3) is 0.591. The van der Waals surface area contributed by atoms with Gasteiger partial charge in [0.05, 0.1) is 31.4 Å². The molecule has 1 saturated carbocycles. The first-order valence-corrected chi connectivity index (χ1v) is 13.0. The van der Waals surface area contributed by atoms with Gasteiger partial charge in [0.1, 0.15) is 22.9 Å². The van der Waals surface area contributed by atoms with E-state index in [-0.39, 0.29) is 53.1 Å². The Labute approximate surface area is 196 Å². The second kappa shape index (κ2) is 8.58. The Morgan fingerprint density at radius 3 is 2.59 bits per heavy atom. The Hall–Kier alpha value is -2.57. The van der Waals surface area contributed by atoms with Crippen molar-refractivity contribution in [1.82, 2.24) is 15.0 Å². The molecule has 2 aromatic rings. The third kappa shape index (κ3) is 4.80. The van der Waals surface area contributed by atoms with Crippen LogP contribution in [0.1, 0.15) is 38.5 Å². The van der Waals surface area contributed by atoms with Gasteiger partial charge in [-0.15, -0.1) is 0 Å². The van der Waals surface area contributed by atoms with Crippen LogP contribution in [0.25, 0.3) is 11.4 Å². The molecule has 3 heterocycles. The third-order valence-corrected chi connectivity index (χ3v) is 7.61. The molecule has 1 aliphatic carbocycles. The number of rotatable bonds is 6. The molecule has 10 nitrogen and oxygen atoms in total. The Kier molecular flexibility index (Phi) is 5.85. The summed E-state index contributed by atoms with van der Waals surface area (Å²) in [6.45, 7) is 2.87. The topological polar surface area (TPSA) is 121 Å². The maximum absolute atomic E-state index is 14.2. The number of fused-ring (bicyclic) bond motifs is 2. The SMILES string of the molecule is CC1(OC(=O)N2C3COCC2CC(OCc2nc(-c4ccc(S(C)(=O)=O)c(F)c4)no2)C3)CC1. The molecule has 1 aromatic heterocycles. The van der Waals surface area contributed by atoms with E-state index < -0.39 is 15.7 Å². The molecular formula is C22H26FN3O7S. The molecule has 184 valence electrons. The predicted octanol–water partition coefficient (Wildman–Crippen LogP) is 2.72. The van der Waals surface area contributed by atoms with Crippen molar-refractivity contribution in [3.05, 3.63) is 29.9 Å². The Morgan fingerprint density at radius 2 is 1.97 bits per heavy atom. The molecule has 3 aliphatic rings. The van der Waals surface area contributed by atoms with Crippen molar-refractivity contribution in [3.63, 3.8) is 0 Å². The molecule has 0 N–H and O–H groups in total. The van der Waals surface area contributed by atoms with Crippen LogP contribution in [0, 0.1) is 5.82 Å². The first-order chi connectivity index (χ1) is 16.1. The van der Waals surface area contributed by atoms with Crippen LogP contribution in [-0.4, -0.2) is 72.8 Å². The van der Waals surface area contributed by atoms with Crippen molar-refractivity contribution in [2.45, 2.75) is 67.9 Å². The van der Waals surface area contributed by atoms with Gasteiger partial charge in [0, 0.05) is 11.8 Å². The first kappa shape index (κ1) is 23.2. The van der Waals surface area contributed by atoms with E-state index in [2.05, 4.69) is 10.1 Å². The van der Waals surface area contributed by atoms with E-state index in [0.29, 0.717) is 31.6 Å². The zero-order chi connectivity index (χ0) is 24.1. The number of sulfone groups is 1. The zero-order valence-corrected chi connectivity index (χ0v) is 19.7. The summed E-state index contributed by atoms with van der Waals surface area (Å²) in [6, 6.07) is 3.41. The normalized spacial score (nSPS) is 25.7. The van der Waals surface area contributed by atoms with Crippen molar-refractivity contribution >= 4 is 15.9 Å². The smallest absolute Gasteiger partial charge is 0.410 e. The number of carbonyl (C=O) groups is 1. The van der Waals surface area contributed by atoms with Crippen LogP contribution in [0.5, 0.6) is 0 Å². The highest BCUT2D eigenvalue weighted by molar-refractivity contribution is 7.90. The summed E-state index contributed by atoms with van der Waals surface area (Å²) in [5.74, 6) is -0.529. The van der Waals surface area contributed by atoms with Crippen LogP contribution in [-0.2, 0) is 30.7 Å². The van der Waals surface area contributed by atoms with Gasteiger partial charge in [0.15, 0.2) is 9.84 Å². The maximum Gasteiger partial charge on any atom is 0.410 e. The van der Waals surface area contributed by atoms with Crippen LogP contribution < -0.4 is 0 Å². The largest absolute Gasteiger partial charge is 0.443 e. The van der Waals surface area contributed by atoms with E-state index in [1.807, 2.05) is 6.92 Å². The van der Waals surface area contributed by atoms with E-state index in [9.17, 15) is 17.6 Å². The molecule has 2 bridgehead atoms. The molecule has 2 unspecified atom stereocenters. The lowest BCUT2D eigenvalue weighted by Crippen LogP contribution is -2.60. The van der Waals surface area contributed by atoms with Crippen molar-refractivity contribution in [2.24, 2.45) is 0 Å². The van der Waals surface area contributed by atoms with Crippen molar-refractivity contribution in [3.8, 4) is 11.4 Å². The number of ether oxygens (including phenoxy) is 3. The number of amides is 1. The number of halogens is 1. The summed E-state index contributed by atoms with van der Waals surface area (Å²) in [7, 11) is -3.67. The number of hydrogen-bond donors (Lipinski definition) is 0. The average molecular weight is 496 g/mol. The number of hydrogen-bond acceptors (Lipinski definition) is 9. The van der Waals surface area contributed by atoms with Gasteiger partial charge in [-0.3, -0.25) is 4.90 Å². The third-order valence-electron chi connectivity index (χ3n) is 6.48. The molecule has 0 radical (unpaired) electrons. The quantitative estimate of drug-likeness (QED) is 0.595. The van der Waals surface area contributed by atoms with Gasteiger partial charge >= 0.3 is 6.09 Å². The van der Waals surface area contributed by atoms with Crippen LogP contribution in [0.3, 0.4) is 0 Å². The van der Waals surface area contributed by atoms with Crippen LogP contribution >= 0.6 is 0 Å². The van der Waals surface area contributed by atoms with Gasteiger partial charge in [-0.1, -0.05) is 5.16 Å². The first-order valence-electron chi connectivity index (χ1n) is 11.1. The lowest BCUT2D eigenvalue weighted by atomic mass is 9.92. The van der Waals surface area contributed by atoms with Crippen molar-refractivity contribution in [1.29, 1.82) is 0 Å². The monoisotopic (exact) mass is 495 g/mol. The number of carbonyl (C=O) groups excluding carboxylic acids is 1. The Morgan fingerprint density at radius 1 is 1.26 bits per heavy atom. The molecule has 1 amide bonds. The lowest BCUT2D eigenvalue weighted by molar-refractivity contribution is -0.118. The number of aromatic nitrogens is 2. The minimum Gasteiger partial charge on any atom is -0.443 e. The fourth-order valence-corrected chi connectivity index (χ4v) is 5.13.